The lowest BCUT2D eigenvalue weighted by molar-refractivity contribution is 0.451. The number of nitrogens with one attached hydrogen (secondary N) is 2. The minimum atomic E-state index is -0.402. The van der Waals surface area contributed by atoms with Crippen LogP contribution < -0.4 is 5.56 Å². The zero-order chi connectivity index (χ0) is 15.4. The maximum atomic E-state index is 11.6. The zero-order valence-corrected chi connectivity index (χ0v) is 11.7. The van der Waals surface area contributed by atoms with Crippen LogP contribution in [0, 0.1) is 0 Å². The molecule has 22 heavy (non-hydrogen) atoms. The smallest absolute Gasteiger partial charge is 0.276 e. The molecule has 0 unspecified atom stereocenters. The molecule has 1 aromatic heterocycles. The largest absolute Gasteiger partial charge is 0.493 e. The van der Waals surface area contributed by atoms with Crippen molar-refractivity contribution in [3.8, 4) is 5.88 Å². The summed E-state index contributed by atoms with van der Waals surface area (Å²) >= 11 is 0. The maximum absolute atomic E-state index is 11.6. The van der Waals surface area contributed by atoms with E-state index >= 15 is 0 Å². The second-order valence-corrected chi connectivity index (χ2v) is 4.84. The van der Waals surface area contributed by atoms with Gasteiger partial charge in [-0.1, -0.05) is 60.7 Å². The number of aromatic amines is 2. The monoisotopic (exact) mass is 293 g/mol. The van der Waals surface area contributed by atoms with Gasteiger partial charge in [0, 0.05) is 6.21 Å². The molecule has 0 saturated carbocycles. The molecule has 0 bridgehead atoms. The summed E-state index contributed by atoms with van der Waals surface area (Å²) in [6.45, 7) is 0. The molecule has 0 fully saturated rings. The van der Waals surface area contributed by atoms with Crippen LogP contribution in [0.15, 0.2) is 70.5 Å². The van der Waals surface area contributed by atoms with E-state index in [0.29, 0.717) is 0 Å². The van der Waals surface area contributed by atoms with Crippen molar-refractivity contribution in [1.82, 2.24) is 10.2 Å². The van der Waals surface area contributed by atoms with E-state index in [4.69, 9.17) is 0 Å². The molecule has 0 aliphatic rings. The minimum Gasteiger partial charge on any atom is -0.493 e. The average Bonchev–Trinajstić information content (AvgIpc) is 2.89. The number of aliphatic imine (C=N–C) groups is 1. The Hall–Kier alpha value is -3.08. The molecule has 3 aromatic rings. The average molecular weight is 293 g/mol. The third kappa shape index (κ3) is 2.83. The molecule has 0 aliphatic carbocycles. The first-order chi connectivity index (χ1) is 10.8. The fourth-order valence-corrected chi connectivity index (χ4v) is 2.26. The van der Waals surface area contributed by atoms with Crippen molar-refractivity contribution in [2.75, 3.05) is 0 Å². The lowest BCUT2D eigenvalue weighted by Crippen LogP contribution is -2.06. The molecule has 0 atom stereocenters. The van der Waals surface area contributed by atoms with E-state index in [1.807, 2.05) is 60.7 Å². The van der Waals surface area contributed by atoms with E-state index in [-0.39, 0.29) is 17.5 Å². The summed E-state index contributed by atoms with van der Waals surface area (Å²) in [7, 11) is 0. The highest BCUT2D eigenvalue weighted by Crippen LogP contribution is 2.25. The van der Waals surface area contributed by atoms with Crippen molar-refractivity contribution in [1.29, 1.82) is 0 Å². The molecular weight excluding hydrogens is 278 g/mol. The van der Waals surface area contributed by atoms with Crippen LogP contribution in [0.4, 0.5) is 0 Å². The summed E-state index contributed by atoms with van der Waals surface area (Å²) in [5.74, 6) is -0.214. The third-order valence-electron chi connectivity index (χ3n) is 3.38. The van der Waals surface area contributed by atoms with Gasteiger partial charge in [0.2, 0.25) is 5.88 Å². The first kappa shape index (κ1) is 13.9. The van der Waals surface area contributed by atoms with Gasteiger partial charge in [-0.25, -0.2) is 0 Å². The normalized spacial score (nSPS) is 11.3. The number of rotatable bonds is 4. The molecular formula is C17H15N3O2. The highest BCUT2D eigenvalue weighted by molar-refractivity contribution is 5.82. The van der Waals surface area contributed by atoms with Gasteiger partial charge in [0.25, 0.3) is 5.56 Å². The van der Waals surface area contributed by atoms with Gasteiger partial charge in [-0.2, -0.15) is 0 Å². The summed E-state index contributed by atoms with van der Waals surface area (Å²) < 4.78 is 0. The van der Waals surface area contributed by atoms with Crippen LogP contribution in [0.3, 0.4) is 0 Å². The third-order valence-corrected chi connectivity index (χ3v) is 3.38. The predicted octanol–water partition coefficient (Wildman–Crippen LogP) is 2.62. The molecule has 0 radical (unpaired) electrons. The van der Waals surface area contributed by atoms with Crippen molar-refractivity contribution in [3.05, 3.63) is 87.7 Å². The SMILES string of the molecule is O=c1[nH][nH]c(O)c1C=NC(c1ccccc1)c1ccccc1. The zero-order valence-electron chi connectivity index (χ0n) is 11.7. The van der Waals surface area contributed by atoms with E-state index in [2.05, 4.69) is 15.2 Å². The maximum Gasteiger partial charge on any atom is 0.276 e. The standard InChI is InChI=1S/C17H15N3O2/c21-16-14(17(22)20-19-16)11-18-15(12-7-3-1-4-8-12)13-9-5-2-6-10-13/h1-11,15H,(H3,19,20,21,22). The highest BCUT2D eigenvalue weighted by atomic mass is 16.3. The van der Waals surface area contributed by atoms with Gasteiger partial charge < -0.3 is 5.11 Å². The number of nitrogens with zero attached hydrogens (tertiary/aromatic N) is 1. The van der Waals surface area contributed by atoms with Crippen LogP contribution in [0.2, 0.25) is 0 Å². The van der Waals surface area contributed by atoms with Gasteiger partial charge in [0.1, 0.15) is 5.56 Å². The molecule has 0 aliphatic heterocycles. The summed E-state index contributed by atoms with van der Waals surface area (Å²) in [6, 6.07) is 19.4. The predicted molar refractivity (Wildman–Crippen MR) is 85.4 cm³/mol. The fraction of sp³-hybridized carbons (Fsp3) is 0.0588. The lowest BCUT2D eigenvalue weighted by Gasteiger charge is -2.13. The fourth-order valence-electron chi connectivity index (χ4n) is 2.26. The summed E-state index contributed by atoms with van der Waals surface area (Å²) in [5.41, 5.74) is 1.74. The molecule has 2 aromatic carbocycles. The highest BCUT2D eigenvalue weighted by Gasteiger charge is 2.13. The number of hydrogen-bond donors (Lipinski definition) is 3. The van der Waals surface area contributed by atoms with Crippen LogP contribution in [0.25, 0.3) is 0 Å². The molecule has 5 heteroatoms. The van der Waals surface area contributed by atoms with E-state index in [9.17, 15) is 9.90 Å². The van der Waals surface area contributed by atoms with Crippen molar-refractivity contribution >= 4 is 6.21 Å². The Morgan fingerprint density at radius 3 is 1.91 bits per heavy atom. The molecule has 3 N–H and O–H groups in total. The Balaban J connectivity index is 2.02. The number of benzene rings is 2. The Morgan fingerprint density at radius 1 is 0.909 bits per heavy atom. The summed E-state index contributed by atoms with van der Waals surface area (Å²) in [4.78, 5) is 16.1. The van der Waals surface area contributed by atoms with Gasteiger partial charge in [-0.05, 0) is 11.1 Å². The topological polar surface area (TPSA) is 81.2 Å². The van der Waals surface area contributed by atoms with Crippen LogP contribution in [-0.2, 0) is 0 Å². The van der Waals surface area contributed by atoms with Crippen LogP contribution in [0.1, 0.15) is 22.7 Å². The quantitative estimate of drug-likeness (QED) is 0.646. The summed E-state index contributed by atoms with van der Waals surface area (Å²) in [6.07, 6.45) is 1.40. The molecule has 3 rings (SSSR count). The van der Waals surface area contributed by atoms with Crippen molar-refractivity contribution in [2.24, 2.45) is 4.99 Å². The van der Waals surface area contributed by atoms with Crippen molar-refractivity contribution in [2.45, 2.75) is 6.04 Å². The Kier molecular flexibility index (Phi) is 3.87. The molecule has 0 spiro atoms. The van der Waals surface area contributed by atoms with E-state index in [1.165, 1.54) is 6.21 Å². The molecule has 5 nitrogen and oxygen atoms in total. The van der Waals surface area contributed by atoms with E-state index in [0.717, 1.165) is 11.1 Å². The molecule has 1 heterocycles. The van der Waals surface area contributed by atoms with Gasteiger partial charge in [-0.3, -0.25) is 20.0 Å². The van der Waals surface area contributed by atoms with Crippen molar-refractivity contribution < 1.29 is 5.11 Å². The first-order valence-corrected chi connectivity index (χ1v) is 6.88. The van der Waals surface area contributed by atoms with Crippen molar-refractivity contribution in [3.63, 3.8) is 0 Å². The molecule has 0 saturated heterocycles. The number of hydrogen-bond acceptors (Lipinski definition) is 3. The second-order valence-electron chi connectivity index (χ2n) is 4.84. The Labute approximate surface area is 127 Å². The van der Waals surface area contributed by atoms with Crippen LogP contribution >= 0.6 is 0 Å². The molecule has 110 valence electrons. The van der Waals surface area contributed by atoms with E-state index < -0.39 is 5.56 Å². The first-order valence-electron chi connectivity index (χ1n) is 6.88. The van der Waals surface area contributed by atoms with Gasteiger partial charge in [0.15, 0.2) is 0 Å². The van der Waals surface area contributed by atoms with E-state index in [1.54, 1.807) is 0 Å². The Morgan fingerprint density at radius 2 is 1.45 bits per heavy atom. The number of aromatic nitrogens is 2. The lowest BCUT2D eigenvalue weighted by atomic mass is 9.99. The minimum absolute atomic E-state index is 0.122. The van der Waals surface area contributed by atoms with Gasteiger partial charge >= 0.3 is 0 Å². The van der Waals surface area contributed by atoms with Crippen LogP contribution in [-0.4, -0.2) is 21.5 Å². The summed E-state index contributed by atoms with van der Waals surface area (Å²) in [5, 5.41) is 14.3. The van der Waals surface area contributed by atoms with Crippen LogP contribution in [0.5, 0.6) is 5.88 Å². The second kappa shape index (κ2) is 6.13. The number of H-pyrrole nitrogens is 2. The molecule has 0 amide bonds. The number of aromatic hydroxyl groups is 1. The van der Waals surface area contributed by atoms with Gasteiger partial charge in [-0.15, -0.1) is 0 Å². The Bertz CT molecular complexity index is 780. The van der Waals surface area contributed by atoms with Gasteiger partial charge in [0.05, 0.1) is 6.04 Å².